The number of esters is 1. The first kappa shape index (κ1) is 28.7. The number of carbonyl (C=O) groups is 1. The van der Waals surface area contributed by atoms with Crippen molar-refractivity contribution in [2.75, 3.05) is 6.61 Å². The summed E-state index contributed by atoms with van der Waals surface area (Å²) in [5, 5.41) is 0. The largest absolute Gasteiger partial charge is 0.465 e. The molecule has 0 radical (unpaired) electrons. The molecule has 0 aromatic heterocycles. The molecule has 184 valence electrons. The van der Waals surface area contributed by atoms with Gasteiger partial charge in [-0.1, -0.05) is 122 Å². The Hall–Kier alpha value is -1.31. The highest BCUT2D eigenvalue weighted by molar-refractivity contribution is 5.73. The monoisotopic (exact) mass is 444 g/mol. The molecule has 0 amide bonds. The Labute approximate surface area is 199 Å². The Balaban J connectivity index is 2.36. The highest BCUT2D eigenvalue weighted by atomic mass is 16.5. The summed E-state index contributed by atoms with van der Waals surface area (Å²) >= 11 is 0. The second-order valence-electron chi connectivity index (χ2n) is 9.90. The molecule has 0 saturated carbocycles. The van der Waals surface area contributed by atoms with Gasteiger partial charge in [-0.3, -0.25) is 4.79 Å². The van der Waals surface area contributed by atoms with E-state index in [2.05, 4.69) is 39.8 Å². The van der Waals surface area contributed by atoms with Crippen molar-refractivity contribution in [3.05, 3.63) is 34.9 Å². The number of rotatable bonds is 20. The summed E-state index contributed by atoms with van der Waals surface area (Å²) in [7, 11) is 0. The third kappa shape index (κ3) is 14.0. The lowest BCUT2D eigenvalue weighted by Gasteiger charge is -2.17. The van der Waals surface area contributed by atoms with Gasteiger partial charge in [0, 0.05) is 0 Å². The molecule has 1 atom stereocenters. The third-order valence-corrected chi connectivity index (χ3v) is 6.96. The average Bonchev–Trinajstić information content (AvgIpc) is 2.78. The number of carbonyl (C=O) groups excluding carboxylic acids is 1. The van der Waals surface area contributed by atoms with Gasteiger partial charge in [-0.15, -0.1) is 0 Å². The van der Waals surface area contributed by atoms with E-state index < -0.39 is 0 Å². The molecule has 0 fully saturated rings. The van der Waals surface area contributed by atoms with E-state index in [0.29, 0.717) is 18.9 Å². The second kappa shape index (κ2) is 19.2. The van der Waals surface area contributed by atoms with Gasteiger partial charge in [0.25, 0.3) is 0 Å². The van der Waals surface area contributed by atoms with E-state index >= 15 is 0 Å². The van der Waals surface area contributed by atoms with Gasteiger partial charge in [0.15, 0.2) is 0 Å². The normalized spacial score (nSPS) is 12.1. The van der Waals surface area contributed by atoms with Crippen LogP contribution in [0.1, 0.15) is 133 Å². The van der Waals surface area contributed by atoms with Crippen LogP contribution in [0.2, 0.25) is 0 Å². The van der Waals surface area contributed by atoms with E-state index in [9.17, 15) is 4.79 Å². The van der Waals surface area contributed by atoms with Crippen LogP contribution >= 0.6 is 0 Å². The number of aryl methyl sites for hydroxylation is 1. The lowest BCUT2D eigenvalue weighted by molar-refractivity contribution is -0.144. The predicted molar refractivity (Wildman–Crippen MR) is 139 cm³/mol. The van der Waals surface area contributed by atoms with Crippen LogP contribution in [0.3, 0.4) is 0 Å². The number of unbranched alkanes of at least 4 members (excludes halogenated alkanes) is 12. The summed E-state index contributed by atoms with van der Waals surface area (Å²) < 4.78 is 5.78. The standard InChI is InChI=1S/C30H52O2/c1-5-7-9-11-13-14-16-18-22-28(21-17-15-12-10-8-6-2)25-32-30(31)24-29-23-19-20-26(3)27(29)4/h19-20,23,28H,5-18,21-22,24-25H2,1-4H3. The molecule has 1 unspecified atom stereocenters. The SMILES string of the molecule is CCCCCCCCCCC(CCCCCCCC)COC(=O)Cc1cccc(C)c1C. The fraction of sp³-hybridized carbons (Fsp3) is 0.767. The van der Waals surface area contributed by atoms with Crippen LogP contribution in [0.4, 0.5) is 0 Å². The van der Waals surface area contributed by atoms with Crippen LogP contribution in [0, 0.1) is 19.8 Å². The van der Waals surface area contributed by atoms with Gasteiger partial charge in [-0.2, -0.15) is 0 Å². The van der Waals surface area contributed by atoms with Crippen LogP contribution in [0.15, 0.2) is 18.2 Å². The fourth-order valence-corrected chi connectivity index (χ4v) is 4.51. The Morgan fingerprint density at radius 1 is 0.750 bits per heavy atom. The van der Waals surface area contributed by atoms with E-state index in [-0.39, 0.29) is 5.97 Å². The van der Waals surface area contributed by atoms with Crippen molar-refractivity contribution >= 4 is 5.97 Å². The molecule has 0 bridgehead atoms. The summed E-state index contributed by atoms with van der Waals surface area (Å²) in [5.74, 6) is 0.464. The molecular weight excluding hydrogens is 392 g/mol. The number of hydrogen-bond acceptors (Lipinski definition) is 2. The molecule has 0 heterocycles. The summed E-state index contributed by atoms with van der Waals surface area (Å²) in [6.45, 7) is 9.35. The van der Waals surface area contributed by atoms with Crippen molar-refractivity contribution in [3.8, 4) is 0 Å². The fourth-order valence-electron chi connectivity index (χ4n) is 4.51. The molecule has 0 aliphatic heterocycles. The summed E-state index contributed by atoms with van der Waals surface area (Å²) in [5.41, 5.74) is 3.56. The summed E-state index contributed by atoms with van der Waals surface area (Å²) in [4.78, 5) is 12.5. The lowest BCUT2D eigenvalue weighted by Crippen LogP contribution is -2.16. The smallest absolute Gasteiger partial charge is 0.310 e. The van der Waals surface area contributed by atoms with Crippen molar-refractivity contribution in [2.24, 2.45) is 5.92 Å². The highest BCUT2D eigenvalue weighted by Gasteiger charge is 2.14. The zero-order valence-electron chi connectivity index (χ0n) is 21.9. The molecule has 0 N–H and O–H groups in total. The van der Waals surface area contributed by atoms with Crippen molar-refractivity contribution in [1.29, 1.82) is 0 Å². The van der Waals surface area contributed by atoms with Crippen molar-refractivity contribution in [3.63, 3.8) is 0 Å². The van der Waals surface area contributed by atoms with Crippen LogP contribution in [-0.4, -0.2) is 12.6 Å². The summed E-state index contributed by atoms with van der Waals surface area (Å²) in [6, 6.07) is 6.19. The van der Waals surface area contributed by atoms with Gasteiger partial charge in [0.05, 0.1) is 13.0 Å². The highest BCUT2D eigenvalue weighted by Crippen LogP contribution is 2.21. The third-order valence-electron chi connectivity index (χ3n) is 6.96. The zero-order chi connectivity index (χ0) is 23.4. The van der Waals surface area contributed by atoms with Gasteiger partial charge in [0.2, 0.25) is 0 Å². The van der Waals surface area contributed by atoms with E-state index in [0.717, 1.165) is 5.56 Å². The maximum absolute atomic E-state index is 12.5. The topological polar surface area (TPSA) is 26.3 Å². The quantitative estimate of drug-likeness (QED) is 0.148. The van der Waals surface area contributed by atoms with E-state index in [1.54, 1.807) is 0 Å². The van der Waals surface area contributed by atoms with Crippen molar-refractivity contribution < 1.29 is 9.53 Å². The molecule has 0 saturated heterocycles. The molecule has 1 aromatic carbocycles. The van der Waals surface area contributed by atoms with E-state index in [1.807, 2.05) is 6.07 Å². The lowest BCUT2D eigenvalue weighted by atomic mass is 9.94. The van der Waals surface area contributed by atoms with E-state index in [4.69, 9.17) is 4.74 Å². The van der Waals surface area contributed by atoms with Gasteiger partial charge >= 0.3 is 5.97 Å². The minimum absolute atomic E-state index is 0.0671. The molecule has 0 spiro atoms. The molecule has 0 aliphatic rings. The molecule has 32 heavy (non-hydrogen) atoms. The first-order chi connectivity index (χ1) is 15.6. The van der Waals surface area contributed by atoms with Crippen LogP contribution in [0.25, 0.3) is 0 Å². The number of ether oxygens (including phenoxy) is 1. The molecule has 2 nitrogen and oxygen atoms in total. The predicted octanol–water partition coefficient (Wildman–Crippen LogP) is 9.29. The van der Waals surface area contributed by atoms with Crippen LogP contribution < -0.4 is 0 Å². The van der Waals surface area contributed by atoms with Crippen molar-refractivity contribution in [2.45, 2.75) is 137 Å². The summed E-state index contributed by atoms with van der Waals surface area (Å²) in [6.07, 6.45) is 21.6. The second-order valence-corrected chi connectivity index (χ2v) is 9.90. The first-order valence-electron chi connectivity index (χ1n) is 13.8. The molecular formula is C30H52O2. The van der Waals surface area contributed by atoms with E-state index in [1.165, 1.54) is 114 Å². The Morgan fingerprint density at radius 2 is 1.25 bits per heavy atom. The molecule has 2 heteroatoms. The number of benzene rings is 1. The van der Waals surface area contributed by atoms with Crippen molar-refractivity contribution in [1.82, 2.24) is 0 Å². The maximum Gasteiger partial charge on any atom is 0.310 e. The van der Waals surface area contributed by atoms with Gasteiger partial charge in [-0.05, 0) is 49.3 Å². The molecule has 1 rings (SSSR count). The van der Waals surface area contributed by atoms with Gasteiger partial charge in [0.1, 0.15) is 0 Å². The molecule has 0 aliphatic carbocycles. The minimum Gasteiger partial charge on any atom is -0.465 e. The van der Waals surface area contributed by atoms with Gasteiger partial charge < -0.3 is 4.74 Å². The van der Waals surface area contributed by atoms with Gasteiger partial charge in [-0.25, -0.2) is 0 Å². The first-order valence-corrected chi connectivity index (χ1v) is 13.8. The Morgan fingerprint density at radius 3 is 1.78 bits per heavy atom. The van der Waals surface area contributed by atoms with Crippen LogP contribution in [-0.2, 0) is 16.0 Å². The maximum atomic E-state index is 12.5. The Bertz CT molecular complexity index is 592. The minimum atomic E-state index is -0.0671. The Kier molecular flexibility index (Phi) is 17.2. The van der Waals surface area contributed by atoms with Crippen LogP contribution in [0.5, 0.6) is 0 Å². The average molecular weight is 445 g/mol. The number of hydrogen-bond donors (Lipinski definition) is 0. The molecule has 1 aromatic rings. The zero-order valence-corrected chi connectivity index (χ0v) is 21.9.